The lowest BCUT2D eigenvalue weighted by Crippen LogP contribution is -2.08. The maximum Gasteiger partial charge on any atom is 0.305 e. The van der Waals surface area contributed by atoms with E-state index in [0.29, 0.717) is 17.0 Å². The summed E-state index contributed by atoms with van der Waals surface area (Å²) < 4.78 is 28.1. The number of halogens is 1. The molecule has 1 aromatic carbocycles. The van der Waals surface area contributed by atoms with Gasteiger partial charge in [-0.2, -0.15) is 4.98 Å². The van der Waals surface area contributed by atoms with Gasteiger partial charge in [-0.1, -0.05) is 11.2 Å². The predicted molar refractivity (Wildman–Crippen MR) is 88.5 cm³/mol. The summed E-state index contributed by atoms with van der Waals surface area (Å²) in [4.78, 5) is 8.66. The van der Waals surface area contributed by atoms with E-state index in [1.165, 1.54) is 28.5 Å². The average Bonchev–Trinajstić information content (AvgIpc) is 3.22. The molecule has 4 aromatic rings. The van der Waals surface area contributed by atoms with E-state index in [1.807, 2.05) is 18.2 Å². The number of hydrogen-bond donors (Lipinski definition) is 0. The molecule has 0 bridgehead atoms. The van der Waals surface area contributed by atoms with Crippen LogP contribution in [0.5, 0.6) is 11.8 Å². The second-order valence-electron chi connectivity index (χ2n) is 5.42. The maximum absolute atomic E-state index is 14.0. The molecule has 0 aliphatic carbocycles. The van der Waals surface area contributed by atoms with Crippen LogP contribution in [-0.2, 0) is 13.7 Å². The number of fused-ring (bicyclic) bond motifs is 1. The van der Waals surface area contributed by atoms with Crippen LogP contribution in [0.3, 0.4) is 0 Å². The SMILES string of the molecule is COc1cc(F)cc2c1nc(OCc1ccccn1)n2-c1nnnn1C. The van der Waals surface area contributed by atoms with Gasteiger partial charge in [0.1, 0.15) is 23.7 Å². The molecule has 4 rings (SSSR count). The number of tetrazole rings is 1. The molecule has 0 amide bonds. The Labute approximate surface area is 147 Å². The third kappa shape index (κ3) is 2.70. The van der Waals surface area contributed by atoms with Gasteiger partial charge in [-0.3, -0.25) is 4.98 Å². The zero-order valence-electron chi connectivity index (χ0n) is 14.0. The number of aryl methyl sites for hydroxylation is 1. The van der Waals surface area contributed by atoms with Crippen LogP contribution in [0.2, 0.25) is 0 Å². The second-order valence-corrected chi connectivity index (χ2v) is 5.42. The normalized spacial score (nSPS) is 11.0. The van der Waals surface area contributed by atoms with Crippen molar-refractivity contribution in [2.24, 2.45) is 7.05 Å². The first-order valence-electron chi connectivity index (χ1n) is 7.69. The molecule has 3 heterocycles. The molecule has 9 nitrogen and oxygen atoms in total. The highest BCUT2D eigenvalue weighted by Crippen LogP contribution is 2.32. The highest BCUT2D eigenvalue weighted by atomic mass is 19.1. The van der Waals surface area contributed by atoms with Crippen molar-refractivity contribution in [3.8, 4) is 17.7 Å². The van der Waals surface area contributed by atoms with Gasteiger partial charge in [-0.05, 0) is 22.6 Å². The van der Waals surface area contributed by atoms with Crippen LogP contribution in [0.1, 0.15) is 5.69 Å². The molecule has 0 radical (unpaired) electrons. The summed E-state index contributed by atoms with van der Waals surface area (Å²) in [6.07, 6.45) is 1.67. The van der Waals surface area contributed by atoms with Gasteiger partial charge < -0.3 is 9.47 Å². The number of pyridine rings is 1. The van der Waals surface area contributed by atoms with E-state index in [1.54, 1.807) is 13.2 Å². The number of aromatic nitrogens is 7. The summed E-state index contributed by atoms with van der Waals surface area (Å²) in [6.45, 7) is 0.181. The molecule has 26 heavy (non-hydrogen) atoms. The number of nitrogens with zero attached hydrogens (tertiary/aromatic N) is 7. The Hall–Kier alpha value is -3.56. The predicted octanol–water partition coefficient (Wildman–Crippen LogP) is 1.67. The van der Waals surface area contributed by atoms with E-state index >= 15 is 0 Å². The fourth-order valence-corrected chi connectivity index (χ4v) is 2.57. The number of hydrogen-bond acceptors (Lipinski definition) is 7. The first kappa shape index (κ1) is 15.9. The first-order valence-corrected chi connectivity index (χ1v) is 7.69. The quantitative estimate of drug-likeness (QED) is 0.537. The van der Waals surface area contributed by atoms with Crippen LogP contribution in [0.25, 0.3) is 17.0 Å². The largest absolute Gasteiger partial charge is 0.494 e. The first-order chi connectivity index (χ1) is 12.7. The second kappa shape index (κ2) is 6.39. The van der Waals surface area contributed by atoms with Gasteiger partial charge >= 0.3 is 6.01 Å². The van der Waals surface area contributed by atoms with Gasteiger partial charge in [0.05, 0.1) is 18.3 Å². The minimum Gasteiger partial charge on any atom is -0.494 e. The van der Waals surface area contributed by atoms with Crippen molar-refractivity contribution in [2.45, 2.75) is 6.61 Å². The van der Waals surface area contributed by atoms with Crippen molar-refractivity contribution in [1.82, 2.24) is 34.7 Å². The van der Waals surface area contributed by atoms with E-state index in [2.05, 4.69) is 25.5 Å². The summed E-state index contributed by atoms with van der Waals surface area (Å²) in [7, 11) is 3.12. The smallest absolute Gasteiger partial charge is 0.305 e. The number of imidazole rings is 1. The van der Waals surface area contributed by atoms with Gasteiger partial charge in [-0.15, -0.1) is 0 Å². The van der Waals surface area contributed by atoms with E-state index < -0.39 is 5.82 Å². The molecule has 0 aliphatic rings. The Morgan fingerprint density at radius 1 is 1.23 bits per heavy atom. The molecule has 0 saturated carbocycles. The Morgan fingerprint density at radius 2 is 2.12 bits per heavy atom. The van der Waals surface area contributed by atoms with Crippen LogP contribution in [0, 0.1) is 5.82 Å². The Kier molecular flexibility index (Phi) is 3.92. The van der Waals surface area contributed by atoms with Crippen LogP contribution in [0.4, 0.5) is 4.39 Å². The van der Waals surface area contributed by atoms with E-state index in [9.17, 15) is 4.39 Å². The van der Waals surface area contributed by atoms with Crippen LogP contribution in [-0.4, -0.2) is 41.9 Å². The third-order valence-corrected chi connectivity index (χ3v) is 3.75. The van der Waals surface area contributed by atoms with Gasteiger partial charge in [0.2, 0.25) is 0 Å². The lowest BCUT2D eigenvalue weighted by atomic mass is 10.3. The van der Waals surface area contributed by atoms with Crippen LogP contribution < -0.4 is 9.47 Å². The maximum atomic E-state index is 14.0. The molecule has 3 aromatic heterocycles. The molecular formula is C16H14FN7O2. The van der Waals surface area contributed by atoms with Gasteiger partial charge in [0.15, 0.2) is 0 Å². The number of rotatable bonds is 5. The van der Waals surface area contributed by atoms with Crippen molar-refractivity contribution in [3.05, 3.63) is 48.0 Å². The molecule has 0 saturated heterocycles. The highest BCUT2D eigenvalue weighted by Gasteiger charge is 2.21. The minimum atomic E-state index is -0.470. The van der Waals surface area contributed by atoms with Crippen molar-refractivity contribution in [1.29, 1.82) is 0 Å². The minimum absolute atomic E-state index is 0.181. The Bertz CT molecular complexity index is 1060. The third-order valence-electron chi connectivity index (χ3n) is 3.75. The summed E-state index contributed by atoms with van der Waals surface area (Å²) in [5.74, 6) is 0.148. The zero-order valence-corrected chi connectivity index (χ0v) is 14.0. The van der Waals surface area contributed by atoms with Gasteiger partial charge in [-0.25, -0.2) is 13.6 Å². The molecule has 0 atom stereocenters. The van der Waals surface area contributed by atoms with E-state index in [0.717, 1.165) is 5.69 Å². The highest BCUT2D eigenvalue weighted by molar-refractivity contribution is 5.84. The Balaban J connectivity index is 1.86. The lowest BCUT2D eigenvalue weighted by molar-refractivity contribution is 0.272. The summed E-state index contributed by atoms with van der Waals surface area (Å²) in [6, 6.07) is 8.30. The fraction of sp³-hybridized carbons (Fsp3) is 0.188. The van der Waals surface area contributed by atoms with Crippen LogP contribution >= 0.6 is 0 Å². The molecule has 0 unspecified atom stereocenters. The molecule has 0 aliphatic heterocycles. The van der Waals surface area contributed by atoms with E-state index in [4.69, 9.17) is 9.47 Å². The van der Waals surface area contributed by atoms with E-state index in [-0.39, 0.29) is 18.4 Å². The summed E-state index contributed by atoms with van der Waals surface area (Å²) >= 11 is 0. The van der Waals surface area contributed by atoms with Crippen molar-refractivity contribution < 1.29 is 13.9 Å². The number of methoxy groups -OCH3 is 1. The monoisotopic (exact) mass is 355 g/mol. The van der Waals surface area contributed by atoms with Crippen LogP contribution in [0.15, 0.2) is 36.5 Å². The average molecular weight is 355 g/mol. The van der Waals surface area contributed by atoms with Gasteiger partial charge in [0, 0.05) is 25.4 Å². The number of benzene rings is 1. The Morgan fingerprint density at radius 3 is 2.81 bits per heavy atom. The summed E-state index contributed by atoms with van der Waals surface area (Å²) in [5.41, 5.74) is 1.59. The number of ether oxygens (including phenoxy) is 2. The standard InChI is InChI=1S/C16H14FN7O2/c1-23-15(20-21-22-23)24-12-7-10(17)8-13(25-2)14(12)19-16(24)26-9-11-5-3-4-6-18-11/h3-8H,9H2,1-2H3. The fourth-order valence-electron chi connectivity index (χ4n) is 2.57. The van der Waals surface area contributed by atoms with Crippen molar-refractivity contribution in [3.63, 3.8) is 0 Å². The van der Waals surface area contributed by atoms with Gasteiger partial charge in [0.25, 0.3) is 5.95 Å². The lowest BCUT2D eigenvalue weighted by Gasteiger charge is -2.08. The van der Waals surface area contributed by atoms with Crippen molar-refractivity contribution >= 4 is 11.0 Å². The molecular weight excluding hydrogens is 341 g/mol. The molecule has 0 N–H and O–H groups in total. The summed E-state index contributed by atoms with van der Waals surface area (Å²) in [5, 5.41) is 11.4. The molecule has 132 valence electrons. The topological polar surface area (TPSA) is 92.8 Å². The molecule has 0 spiro atoms. The molecule has 10 heteroatoms. The molecule has 0 fully saturated rings. The van der Waals surface area contributed by atoms with Crippen molar-refractivity contribution in [2.75, 3.05) is 7.11 Å². The zero-order chi connectivity index (χ0) is 18.1.